The van der Waals surface area contributed by atoms with Crippen molar-refractivity contribution < 1.29 is 9.32 Å². The molecule has 1 aliphatic carbocycles. The van der Waals surface area contributed by atoms with Crippen LogP contribution in [0.15, 0.2) is 41.3 Å². The van der Waals surface area contributed by atoms with Crippen molar-refractivity contribution in [3.63, 3.8) is 0 Å². The molecule has 1 amide bonds. The Balaban J connectivity index is 1.46. The van der Waals surface area contributed by atoms with Crippen LogP contribution in [0.1, 0.15) is 59.8 Å². The minimum absolute atomic E-state index is 0.0498. The number of carbonyl (C=O) groups is 1. The topological polar surface area (TPSA) is 87.9 Å². The van der Waals surface area contributed by atoms with Crippen LogP contribution in [0.4, 0.5) is 0 Å². The zero-order chi connectivity index (χ0) is 18.6. The third kappa shape index (κ3) is 3.77. The second kappa shape index (κ2) is 7.73. The van der Waals surface area contributed by atoms with Gasteiger partial charge in [-0.05, 0) is 25.0 Å². The number of aromatic amines is 1. The van der Waals surface area contributed by atoms with Gasteiger partial charge in [0.2, 0.25) is 0 Å². The van der Waals surface area contributed by atoms with E-state index in [2.05, 4.69) is 20.3 Å². The molecule has 0 unspecified atom stereocenters. The summed E-state index contributed by atoms with van der Waals surface area (Å²) in [5.41, 5.74) is 3.31. The van der Waals surface area contributed by atoms with E-state index in [0.29, 0.717) is 23.8 Å². The summed E-state index contributed by atoms with van der Waals surface area (Å²) in [6.45, 7) is 0.353. The van der Waals surface area contributed by atoms with Gasteiger partial charge in [-0.1, -0.05) is 24.4 Å². The summed E-state index contributed by atoms with van der Waals surface area (Å²) in [4.78, 5) is 18.6. The molecule has 1 saturated carbocycles. The number of pyridine rings is 1. The van der Waals surface area contributed by atoms with E-state index in [-0.39, 0.29) is 5.91 Å². The van der Waals surface area contributed by atoms with Gasteiger partial charge in [-0.2, -0.15) is 5.10 Å². The Labute approximate surface area is 157 Å². The van der Waals surface area contributed by atoms with Crippen molar-refractivity contribution in [2.45, 2.75) is 44.6 Å². The summed E-state index contributed by atoms with van der Waals surface area (Å²) >= 11 is 0. The second-order valence-electron chi connectivity index (χ2n) is 7.11. The van der Waals surface area contributed by atoms with Crippen molar-refractivity contribution in [2.24, 2.45) is 0 Å². The molecular weight excluding hydrogens is 342 g/mol. The van der Waals surface area contributed by atoms with Crippen molar-refractivity contribution in [1.29, 1.82) is 0 Å². The molecule has 3 heterocycles. The number of H-pyrrole nitrogens is 1. The van der Waals surface area contributed by atoms with E-state index in [0.717, 1.165) is 29.8 Å². The Morgan fingerprint density at radius 1 is 1.26 bits per heavy atom. The average molecular weight is 365 g/mol. The minimum Gasteiger partial charge on any atom is -0.359 e. The Morgan fingerprint density at radius 3 is 2.81 bits per heavy atom. The molecule has 0 atom stereocenters. The van der Waals surface area contributed by atoms with E-state index in [1.165, 1.54) is 19.3 Å². The fourth-order valence-corrected chi connectivity index (χ4v) is 3.73. The Bertz CT molecular complexity index is 896. The maximum atomic E-state index is 12.9. The monoisotopic (exact) mass is 365 g/mol. The van der Waals surface area contributed by atoms with Gasteiger partial charge in [0.05, 0.1) is 24.0 Å². The molecule has 7 nitrogen and oxygen atoms in total. The van der Waals surface area contributed by atoms with Gasteiger partial charge in [0.15, 0.2) is 5.76 Å². The highest BCUT2D eigenvalue weighted by atomic mass is 16.5. The summed E-state index contributed by atoms with van der Waals surface area (Å²) in [5, 5.41) is 11.3. The Hall–Kier alpha value is -2.96. The van der Waals surface area contributed by atoms with Crippen LogP contribution in [-0.2, 0) is 6.54 Å². The molecule has 3 aromatic rings. The van der Waals surface area contributed by atoms with Gasteiger partial charge in [0.1, 0.15) is 5.69 Å². The standard InChI is InChI=1S/C20H23N5O2/c1-25(13-16-11-18(24-27-16)14-7-9-21-10-8-14)20(26)17-12-22-23-19(17)15-5-3-2-4-6-15/h7-12,15H,2-6,13H2,1H3,(H,22,23). The molecule has 1 fully saturated rings. The van der Waals surface area contributed by atoms with Gasteiger partial charge in [-0.25, -0.2) is 0 Å². The van der Waals surface area contributed by atoms with Crippen LogP contribution < -0.4 is 0 Å². The zero-order valence-electron chi connectivity index (χ0n) is 15.4. The normalized spacial score (nSPS) is 15.0. The van der Waals surface area contributed by atoms with E-state index in [4.69, 9.17) is 4.52 Å². The third-order valence-electron chi connectivity index (χ3n) is 5.19. The summed E-state index contributed by atoms with van der Waals surface area (Å²) in [5.74, 6) is 0.990. The number of hydrogen-bond acceptors (Lipinski definition) is 5. The molecule has 7 heteroatoms. The van der Waals surface area contributed by atoms with E-state index in [1.54, 1.807) is 30.5 Å². The maximum Gasteiger partial charge on any atom is 0.257 e. The first-order chi connectivity index (χ1) is 13.2. The zero-order valence-corrected chi connectivity index (χ0v) is 15.4. The van der Waals surface area contributed by atoms with Gasteiger partial charge in [-0.15, -0.1) is 0 Å². The molecule has 0 spiro atoms. The van der Waals surface area contributed by atoms with Crippen LogP contribution in [0.25, 0.3) is 11.3 Å². The van der Waals surface area contributed by atoms with E-state index < -0.39 is 0 Å². The van der Waals surface area contributed by atoms with Gasteiger partial charge >= 0.3 is 0 Å². The molecule has 0 saturated heterocycles. The molecular formula is C20H23N5O2. The fraction of sp³-hybridized carbons (Fsp3) is 0.400. The smallest absolute Gasteiger partial charge is 0.257 e. The molecule has 0 bridgehead atoms. The molecule has 1 N–H and O–H groups in total. The van der Waals surface area contributed by atoms with Crippen LogP contribution in [-0.4, -0.2) is 38.2 Å². The highest BCUT2D eigenvalue weighted by Crippen LogP contribution is 2.33. The lowest BCUT2D eigenvalue weighted by atomic mass is 9.85. The van der Waals surface area contributed by atoms with Gasteiger partial charge in [0.25, 0.3) is 5.91 Å². The largest absolute Gasteiger partial charge is 0.359 e. The number of rotatable bonds is 5. The lowest BCUT2D eigenvalue weighted by Crippen LogP contribution is -2.27. The van der Waals surface area contributed by atoms with Crippen molar-refractivity contribution in [2.75, 3.05) is 7.05 Å². The number of amides is 1. The van der Waals surface area contributed by atoms with Crippen molar-refractivity contribution in [3.05, 3.63) is 53.8 Å². The predicted octanol–water partition coefficient (Wildman–Crippen LogP) is 3.78. The van der Waals surface area contributed by atoms with Crippen LogP contribution in [0.2, 0.25) is 0 Å². The van der Waals surface area contributed by atoms with Crippen molar-refractivity contribution in [1.82, 2.24) is 25.2 Å². The van der Waals surface area contributed by atoms with E-state index in [9.17, 15) is 4.79 Å². The molecule has 4 rings (SSSR count). The Kier molecular flexibility index (Phi) is 5.00. The first-order valence-corrected chi connectivity index (χ1v) is 9.37. The number of nitrogens with one attached hydrogen (secondary N) is 1. The molecule has 0 aliphatic heterocycles. The van der Waals surface area contributed by atoms with Crippen LogP contribution >= 0.6 is 0 Å². The highest BCUT2D eigenvalue weighted by Gasteiger charge is 2.25. The quantitative estimate of drug-likeness (QED) is 0.743. The molecule has 1 aliphatic rings. The van der Waals surface area contributed by atoms with Gasteiger partial charge in [-0.3, -0.25) is 14.9 Å². The molecule has 27 heavy (non-hydrogen) atoms. The van der Waals surface area contributed by atoms with Crippen LogP contribution in [0.5, 0.6) is 0 Å². The number of carbonyl (C=O) groups excluding carboxylic acids is 1. The maximum absolute atomic E-state index is 12.9. The van der Waals surface area contributed by atoms with Gasteiger partial charge in [0, 0.05) is 37.0 Å². The average Bonchev–Trinajstić information content (AvgIpc) is 3.38. The number of hydrogen-bond donors (Lipinski definition) is 1. The summed E-state index contributed by atoms with van der Waals surface area (Å²) in [6, 6.07) is 5.60. The summed E-state index contributed by atoms with van der Waals surface area (Å²) in [7, 11) is 1.77. The van der Waals surface area contributed by atoms with Crippen molar-refractivity contribution >= 4 is 5.91 Å². The summed E-state index contributed by atoms with van der Waals surface area (Å²) in [6.07, 6.45) is 11.0. The molecule has 0 radical (unpaired) electrons. The van der Waals surface area contributed by atoms with Crippen LogP contribution in [0.3, 0.4) is 0 Å². The van der Waals surface area contributed by atoms with E-state index in [1.807, 2.05) is 18.2 Å². The number of aromatic nitrogens is 4. The Morgan fingerprint density at radius 2 is 2.04 bits per heavy atom. The lowest BCUT2D eigenvalue weighted by Gasteiger charge is -2.22. The fourth-order valence-electron chi connectivity index (χ4n) is 3.73. The molecule has 140 valence electrons. The number of nitrogens with zero attached hydrogens (tertiary/aromatic N) is 4. The van der Waals surface area contributed by atoms with E-state index >= 15 is 0 Å². The molecule has 0 aromatic carbocycles. The van der Waals surface area contributed by atoms with Crippen molar-refractivity contribution in [3.8, 4) is 11.3 Å². The third-order valence-corrected chi connectivity index (χ3v) is 5.19. The SMILES string of the molecule is CN(Cc1cc(-c2ccncc2)no1)C(=O)c1cn[nH]c1C1CCCCC1. The first kappa shape index (κ1) is 17.5. The minimum atomic E-state index is -0.0498. The predicted molar refractivity (Wildman–Crippen MR) is 99.9 cm³/mol. The lowest BCUT2D eigenvalue weighted by molar-refractivity contribution is 0.0770. The molecule has 3 aromatic heterocycles. The highest BCUT2D eigenvalue weighted by molar-refractivity contribution is 5.95. The second-order valence-corrected chi connectivity index (χ2v) is 7.11. The van der Waals surface area contributed by atoms with Gasteiger partial charge < -0.3 is 9.42 Å². The first-order valence-electron chi connectivity index (χ1n) is 9.37. The van der Waals surface area contributed by atoms with Crippen LogP contribution in [0, 0.1) is 0 Å². The summed E-state index contributed by atoms with van der Waals surface area (Å²) < 4.78 is 5.42.